The lowest BCUT2D eigenvalue weighted by atomic mass is 10.2. The molecule has 0 bridgehead atoms. The number of aryl methyl sites for hydroxylation is 1. The molecule has 1 amide bonds. The highest BCUT2D eigenvalue weighted by Gasteiger charge is 2.22. The fourth-order valence-corrected chi connectivity index (χ4v) is 2.40. The van der Waals surface area contributed by atoms with Crippen molar-refractivity contribution in [1.82, 2.24) is 14.9 Å². The number of carboxylic acids is 1. The van der Waals surface area contributed by atoms with Gasteiger partial charge in [0.1, 0.15) is 6.04 Å². The molecule has 2 aromatic heterocycles. The molecule has 0 aromatic carbocycles. The molecule has 9 heteroatoms. The van der Waals surface area contributed by atoms with Crippen molar-refractivity contribution in [3.05, 3.63) is 55.0 Å². The molecule has 2 rings (SSSR count). The third-order valence-electron chi connectivity index (χ3n) is 2.92. The van der Waals surface area contributed by atoms with Gasteiger partial charge in [-0.05, 0) is 18.4 Å². The molecule has 3 N–H and O–H groups in total. The average Bonchev–Trinajstić information content (AvgIpc) is 2.97. The van der Waals surface area contributed by atoms with E-state index in [-0.39, 0.29) is 12.1 Å². The van der Waals surface area contributed by atoms with Gasteiger partial charge in [0.05, 0.1) is 11.4 Å². The lowest BCUT2D eigenvalue weighted by Crippen LogP contribution is -2.46. The van der Waals surface area contributed by atoms with E-state index in [0.717, 1.165) is 4.57 Å². The second-order valence-corrected chi connectivity index (χ2v) is 5.51. The summed E-state index contributed by atoms with van der Waals surface area (Å²) in [6.45, 7) is 1.21. The number of nitrogens with one attached hydrogen (secondary N) is 2. The fraction of sp³-hybridized carbons (Fsp3) is 0.231. The topological polar surface area (TPSA) is 121 Å². The van der Waals surface area contributed by atoms with Crippen molar-refractivity contribution in [3.63, 3.8) is 0 Å². The zero-order chi connectivity index (χ0) is 16.3. The molecular formula is C13H13N3O5S. The minimum Gasteiger partial charge on any atom is -0.480 e. The van der Waals surface area contributed by atoms with Crippen LogP contribution in [0, 0.1) is 6.92 Å². The maximum Gasteiger partial charge on any atom is 0.328 e. The lowest BCUT2D eigenvalue weighted by molar-refractivity contribution is -0.139. The molecule has 2 aromatic rings. The highest BCUT2D eigenvalue weighted by atomic mass is 32.1. The quantitative estimate of drug-likeness (QED) is 0.703. The molecule has 0 aliphatic carbocycles. The van der Waals surface area contributed by atoms with Crippen LogP contribution in [0.1, 0.15) is 15.2 Å². The number of carbonyl (C=O) groups is 2. The van der Waals surface area contributed by atoms with E-state index in [9.17, 15) is 24.3 Å². The first-order valence-corrected chi connectivity index (χ1v) is 7.14. The number of rotatable bonds is 5. The minimum atomic E-state index is -1.29. The van der Waals surface area contributed by atoms with Crippen molar-refractivity contribution in [2.75, 3.05) is 0 Å². The number of nitrogens with zero attached hydrogens (tertiary/aromatic N) is 1. The number of amides is 1. The summed E-state index contributed by atoms with van der Waals surface area (Å²) in [6.07, 6.45) is 1.26. The van der Waals surface area contributed by atoms with Crippen molar-refractivity contribution < 1.29 is 14.7 Å². The van der Waals surface area contributed by atoms with E-state index < -0.39 is 29.2 Å². The summed E-state index contributed by atoms with van der Waals surface area (Å²) >= 11 is 1.18. The van der Waals surface area contributed by atoms with E-state index in [2.05, 4.69) is 10.3 Å². The summed E-state index contributed by atoms with van der Waals surface area (Å²) in [7, 11) is 0. The van der Waals surface area contributed by atoms with E-state index in [4.69, 9.17) is 0 Å². The highest BCUT2D eigenvalue weighted by molar-refractivity contribution is 7.12. The molecule has 2 heterocycles. The molecule has 0 radical (unpaired) electrons. The zero-order valence-electron chi connectivity index (χ0n) is 11.5. The summed E-state index contributed by atoms with van der Waals surface area (Å²) in [4.78, 5) is 48.6. The number of carboxylic acid groups (broad SMARTS) is 1. The van der Waals surface area contributed by atoms with Crippen molar-refractivity contribution in [2.45, 2.75) is 19.5 Å². The third kappa shape index (κ3) is 3.50. The zero-order valence-corrected chi connectivity index (χ0v) is 12.3. The van der Waals surface area contributed by atoms with Gasteiger partial charge < -0.3 is 10.4 Å². The SMILES string of the molecule is Cc1cn(C[C@H](NC(=O)c2cccs2)C(=O)O)c(=O)[nH]c1=O. The van der Waals surface area contributed by atoms with Crippen LogP contribution in [-0.4, -0.2) is 32.6 Å². The maximum absolute atomic E-state index is 11.9. The monoisotopic (exact) mass is 323 g/mol. The van der Waals surface area contributed by atoms with E-state index in [1.54, 1.807) is 17.5 Å². The summed E-state index contributed by atoms with van der Waals surface area (Å²) in [5, 5.41) is 13.2. The molecule has 0 unspecified atom stereocenters. The largest absolute Gasteiger partial charge is 0.480 e. The average molecular weight is 323 g/mol. The van der Waals surface area contributed by atoms with E-state index >= 15 is 0 Å². The number of hydrogen-bond acceptors (Lipinski definition) is 5. The van der Waals surface area contributed by atoms with Crippen LogP contribution in [0.4, 0.5) is 0 Å². The van der Waals surface area contributed by atoms with Gasteiger partial charge in [-0.1, -0.05) is 6.07 Å². The number of aromatic nitrogens is 2. The molecular weight excluding hydrogens is 310 g/mol. The predicted molar refractivity (Wildman–Crippen MR) is 79.3 cm³/mol. The van der Waals surface area contributed by atoms with Crippen LogP contribution in [0.25, 0.3) is 0 Å². The molecule has 0 fully saturated rings. The van der Waals surface area contributed by atoms with Crippen molar-refractivity contribution in [3.8, 4) is 0 Å². The number of hydrogen-bond donors (Lipinski definition) is 3. The first-order chi connectivity index (χ1) is 10.4. The van der Waals surface area contributed by atoms with Crippen LogP contribution in [-0.2, 0) is 11.3 Å². The van der Waals surface area contributed by atoms with Gasteiger partial charge in [-0.15, -0.1) is 11.3 Å². The molecule has 0 saturated carbocycles. The van der Waals surface area contributed by atoms with Gasteiger partial charge in [-0.25, -0.2) is 9.59 Å². The van der Waals surface area contributed by atoms with E-state index in [0.29, 0.717) is 4.88 Å². The number of thiophene rings is 1. The smallest absolute Gasteiger partial charge is 0.328 e. The summed E-state index contributed by atoms with van der Waals surface area (Å²) in [5.74, 6) is -1.81. The number of carbonyl (C=O) groups excluding carboxylic acids is 1. The molecule has 0 aliphatic rings. The molecule has 1 atom stereocenters. The van der Waals surface area contributed by atoms with Gasteiger partial charge in [0, 0.05) is 11.8 Å². The van der Waals surface area contributed by atoms with E-state index in [1.165, 1.54) is 24.5 Å². The summed E-state index contributed by atoms with van der Waals surface area (Å²) < 4.78 is 1.05. The van der Waals surface area contributed by atoms with Gasteiger partial charge >= 0.3 is 11.7 Å². The van der Waals surface area contributed by atoms with Gasteiger partial charge in [-0.2, -0.15) is 0 Å². The lowest BCUT2D eigenvalue weighted by Gasteiger charge is -2.15. The molecule has 116 valence electrons. The van der Waals surface area contributed by atoms with Crippen LogP contribution in [0.2, 0.25) is 0 Å². The Hall–Kier alpha value is -2.68. The van der Waals surface area contributed by atoms with Crippen molar-refractivity contribution in [1.29, 1.82) is 0 Å². The van der Waals surface area contributed by atoms with Gasteiger partial charge in [0.15, 0.2) is 0 Å². The molecule has 0 saturated heterocycles. The molecule has 0 spiro atoms. The van der Waals surface area contributed by atoms with E-state index in [1.807, 2.05) is 0 Å². The number of aromatic amines is 1. The Balaban J connectivity index is 2.21. The Labute approximate surface area is 128 Å². The van der Waals surface area contributed by atoms with Gasteiger partial charge in [-0.3, -0.25) is 19.1 Å². The first kappa shape index (κ1) is 15.7. The number of aliphatic carboxylic acids is 1. The maximum atomic E-state index is 11.9. The third-order valence-corrected chi connectivity index (χ3v) is 3.79. The Kier molecular flexibility index (Phi) is 4.56. The normalized spacial score (nSPS) is 11.9. The predicted octanol–water partition coefficient (Wildman–Crippen LogP) is -0.210. The standard InChI is InChI=1S/C13H13N3O5S/c1-7-5-16(13(21)15-10(7)17)6-8(12(19)20)14-11(18)9-3-2-4-22-9/h2-5,8H,6H2,1H3,(H,14,18)(H,19,20)(H,15,17,21)/t8-/m0/s1. The summed E-state index contributed by atoms with van der Waals surface area (Å²) in [5.41, 5.74) is -0.990. The second-order valence-electron chi connectivity index (χ2n) is 4.57. The highest BCUT2D eigenvalue weighted by Crippen LogP contribution is 2.08. The first-order valence-electron chi connectivity index (χ1n) is 6.26. The summed E-state index contributed by atoms with van der Waals surface area (Å²) in [6, 6.07) is 1.94. The van der Waals surface area contributed by atoms with Crippen molar-refractivity contribution >= 4 is 23.2 Å². The molecule has 8 nitrogen and oxygen atoms in total. The van der Waals surface area contributed by atoms with Crippen LogP contribution in [0.15, 0.2) is 33.3 Å². The van der Waals surface area contributed by atoms with Gasteiger partial charge in [0.2, 0.25) is 0 Å². The number of H-pyrrole nitrogens is 1. The van der Waals surface area contributed by atoms with Crippen LogP contribution in [0.3, 0.4) is 0 Å². The van der Waals surface area contributed by atoms with Gasteiger partial charge in [0.25, 0.3) is 11.5 Å². The minimum absolute atomic E-state index is 0.272. The second kappa shape index (κ2) is 6.39. The van der Waals surface area contributed by atoms with Crippen LogP contribution < -0.4 is 16.6 Å². The Bertz CT molecular complexity index is 806. The Morgan fingerprint density at radius 3 is 2.77 bits per heavy atom. The Morgan fingerprint density at radius 2 is 2.18 bits per heavy atom. The van der Waals surface area contributed by atoms with Crippen molar-refractivity contribution in [2.24, 2.45) is 0 Å². The molecule has 0 aliphatic heterocycles. The van der Waals surface area contributed by atoms with Crippen LogP contribution in [0.5, 0.6) is 0 Å². The Morgan fingerprint density at radius 1 is 1.45 bits per heavy atom. The fourth-order valence-electron chi connectivity index (χ4n) is 1.77. The van der Waals surface area contributed by atoms with Crippen LogP contribution >= 0.6 is 11.3 Å². The molecule has 22 heavy (non-hydrogen) atoms.